The van der Waals surface area contributed by atoms with E-state index in [4.69, 9.17) is 0 Å². The third-order valence-electron chi connectivity index (χ3n) is 2.03. The maximum Gasteiger partial charge on any atom is 0.213 e. The number of carbonyl (C=O) groups excluding carboxylic acids is 1. The Hall–Kier alpha value is -1.23. The first-order valence-electron chi connectivity index (χ1n) is 4.44. The molecule has 0 aliphatic carbocycles. The van der Waals surface area contributed by atoms with Gasteiger partial charge in [-0.3, -0.25) is 4.79 Å². The molecule has 0 radical (unpaired) electrons. The first-order valence-corrected chi connectivity index (χ1v) is 5.26. The Bertz CT molecular complexity index is 483. The van der Waals surface area contributed by atoms with Gasteiger partial charge in [-0.25, -0.2) is 4.98 Å². The van der Waals surface area contributed by atoms with Crippen LogP contribution in [0.3, 0.4) is 0 Å². The fraction of sp³-hybridized carbons (Fsp3) is 0.444. The van der Waals surface area contributed by atoms with Gasteiger partial charge < -0.3 is 0 Å². The summed E-state index contributed by atoms with van der Waals surface area (Å²) in [6.45, 7) is 5.95. The molecule has 0 bridgehead atoms. The first kappa shape index (κ1) is 9.33. The van der Waals surface area contributed by atoms with Crippen LogP contribution in [0.2, 0.25) is 0 Å². The molecule has 0 N–H and O–H groups in total. The molecule has 0 aliphatic heterocycles. The summed E-state index contributed by atoms with van der Waals surface area (Å²) < 4.78 is 1.63. The van der Waals surface area contributed by atoms with E-state index in [1.807, 2.05) is 20.8 Å². The maximum absolute atomic E-state index is 10.9. The number of aldehydes is 1. The number of aryl methyl sites for hydroxylation is 1. The lowest BCUT2D eigenvalue weighted by Crippen LogP contribution is -1.98. The second-order valence-electron chi connectivity index (χ2n) is 3.47. The van der Waals surface area contributed by atoms with Gasteiger partial charge in [-0.15, -0.1) is 0 Å². The zero-order valence-corrected chi connectivity index (χ0v) is 9.13. The minimum Gasteiger partial charge on any atom is -0.296 e. The third kappa shape index (κ3) is 1.24. The lowest BCUT2D eigenvalue weighted by atomic mass is 10.1. The molecule has 0 spiro atoms. The molecule has 0 amide bonds. The Morgan fingerprint density at radius 1 is 1.50 bits per heavy atom. The van der Waals surface area contributed by atoms with Crippen molar-refractivity contribution in [3.8, 4) is 0 Å². The van der Waals surface area contributed by atoms with Gasteiger partial charge in [0.05, 0.1) is 5.69 Å². The van der Waals surface area contributed by atoms with Gasteiger partial charge in [-0.1, -0.05) is 25.2 Å². The number of hydrogen-bond acceptors (Lipinski definition) is 4. The van der Waals surface area contributed by atoms with Gasteiger partial charge in [0.2, 0.25) is 4.96 Å². The smallest absolute Gasteiger partial charge is 0.213 e. The molecule has 2 aromatic rings. The highest BCUT2D eigenvalue weighted by Crippen LogP contribution is 2.22. The molecular weight excluding hydrogens is 198 g/mol. The van der Waals surface area contributed by atoms with Gasteiger partial charge in [-0.2, -0.15) is 9.61 Å². The number of imidazole rings is 1. The van der Waals surface area contributed by atoms with E-state index in [1.165, 1.54) is 11.3 Å². The van der Waals surface area contributed by atoms with Crippen LogP contribution in [0.1, 0.15) is 41.0 Å². The molecule has 5 heteroatoms. The predicted octanol–water partition coefficient (Wildman–Crippen LogP) is 2.04. The Morgan fingerprint density at radius 3 is 2.79 bits per heavy atom. The minimum absolute atomic E-state index is 0.254. The second-order valence-corrected chi connectivity index (χ2v) is 4.63. The van der Waals surface area contributed by atoms with Gasteiger partial charge in [0.1, 0.15) is 10.7 Å². The van der Waals surface area contributed by atoms with Crippen molar-refractivity contribution in [2.24, 2.45) is 0 Å². The van der Waals surface area contributed by atoms with E-state index in [9.17, 15) is 4.79 Å². The zero-order chi connectivity index (χ0) is 10.3. The van der Waals surface area contributed by atoms with Crippen molar-refractivity contribution in [2.45, 2.75) is 26.7 Å². The van der Waals surface area contributed by atoms with Crippen molar-refractivity contribution >= 4 is 22.6 Å². The van der Waals surface area contributed by atoms with E-state index in [2.05, 4.69) is 10.1 Å². The number of nitrogens with zero attached hydrogens (tertiary/aromatic N) is 3. The van der Waals surface area contributed by atoms with Gasteiger partial charge in [0, 0.05) is 0 Å². The molecular formula is C9H11N3OS. The lowest BCUT2D eigenvalue weighted by Gasteiger charge is -1.99. The largest absolute Gasteiger partial charge is 0.296 e. The number of rotatable bonds is 2. The molecule has 0 saturated carbocycles. The van der Waals surface area contributed by atoms with Crippen molar-refractivity contribution < 1.29 is 4.79 Å². The average molecular weight is 209 g/mol. The van der Waals surface area contributed by atoms with Gasteiger partial charge in [0.25, 0.3) is 0 Å². The van der Waals surface area contributed by atoms with Gasteiger partial charge in [-0.05, 0) is 12.8 Å². The molecule has 0 aliphatic rings. The fourth-order valence-corrected chi connectivity index (χ4v) is 2.17. The highest BCUT2D eigenvalue weighted by atomic mass is 32.1. The zero-order valence-electron chi connectivity index (χ0n) is 8.31. The van der Waals surface area contributed by atoms with Crippen LogP contribution in [0.25, 0.3) is 4.96 Å². The van der Waals surface area contributed by atoms with Crippen LogP contribution in [0.15, 0.2) is 0 Å². The van der Waals surface area contributed by atoms with E-state index in [1.54, 1.807) is 4.52 Å². The number of carbonyl (C=O) groups is 1. The Kier molecular flexibility index (Phi) is 2.11. The number of aromatic nitrogens is 3. The summed E-state index contributed by atoms with van der Waals surface area (Å²) in [6.07, 6.45) is 0.828. The predicted molar refractivity (Wildman–Crippen MR) is 55.1 cm³/mol. The van der Waals surface area contributed by atoms with Crippen LogP contribution in [0.4, 0.5) is 0 Å². The number of hydrogen-bond donors (Lipinski definition) is 0. The summed E-state index contributed by atoms with van der Waals surface area (Å²) in [4.78, 5) is 16.1. The van der Waals surface area contributed by atoms with Crippen molar-refractivity contribution in [1.29, 1.82) is 0 Å². The molecule has 0 unspecified atom stereocenters. The molecule has 0 atom stereocenters. The van der Waals surface area contributed by atoms with Crippen LogP contribution in [0, 0.1) is 6.92 Å². The average Bonchev–Trinajstić information content (AvgIpc) is 2.59. The Morgan fingerprint density at radius 2 is 2.21 bits per heavy atom. The molecule has 2 rings (SSSR count). The summed E-state index contributed by atoms with van der Waals surface area (Å²) in [6, 6.07) is 0. The van der Waals surface area contributed by atoms with E-state index < -0.39 is 0 Å². The van der Waals surface area contributed by atoms with Crippen LogP contribution in [-0.4, -0.2) is 20.9 Å². The third-order valence-corrected chi connectivity index (χ3v) is 2.85. The van der Waals surface area contributed by atoms with Gasteiger partial charge in [0.15, 0.2) is 6.29 Å². The molecule has 14 heavy (non-hydrogen) atoms. The summed E-state index contributed by atoms with van der Waals surface area (Å²) >= 11 is 1.50. The summed E-state index contributed by atoms with van der Waals surface area (Å²) in [5.41, 5.74) is 1.41. The summed E-state index contributed by atoms with van der Waals surface area (Å²) in [7, 11) is 0. The van der Waals surface area contributed by atoms with Crippen LogP contribution in [-0.2, 0) is 0 Å². The van der Waals surface area contributed by atoms with Crippen molar-refractivity contribution in [1.82, 2.24) is 14.6 Å². The van der Waals surface area contributed by atoms with E-state index >= 15 is 0 Å². The van der Waals surface area contributed by atoms with E-state index in [-0.39, 0.29) is 5.92 Å². The highest BCUT2D eigenvalue weighted by Gasteiger charge is 2.16. The molecule has 0 saturated heterocycles. The number of fused-ring (bicyclic) bond motifs is 1. The highest BCUT2D eigenvalue weighted by molar-refractivity contribution is 7.16. The minimum atomic E-state index is 0.254. The first-order chi connectivity index (χ1) is 6.63. The second kappa shape index (κ2) is 3.16. The normalized spacial score (nSPS) is 11.4. The Balaban J connectivity index is 2.74. The molecule has 2 heterocycles. The quantitative estimate of drug-likeness (QED) is 0.711. The lowest BCUT2D eigenvalue weighted by molar-refractivity contribution is 0.111. The van der Waals surface area contributed by atoms with Crippen LogP contribution < -0.4 is 0 Å². The van der Waals surface area contributed by atoms with E-state index in [0.717, 1.165) is 21.9 Å². The van der Waals surface area contributed by atoms with Crippen LogP contribution >= 0.6 is 11.3 Å². The van der Waals surface area contributed by atoms with Crippen molar-refractivity contribution in [2.75, 3.05) is 0 Å². The topological polar surface area (TPSA) is 47.3 Å². The fourth-order valence-electron chi connectivity index (χ4n) is 1.41. The summed E-state index contributed by atoms with van der Waals surface area (Å²) in [5.74, 6) is 0.254. The summed E-state index contributed by atoms with van der Waals surface area (Å²) in [5, 5.41) is 5.15. The van der Waals surface area contributed by atoms with E-state index in [0.29, 0.717) is 5.69 Å². The molecule has 2 aromatic heterocycles. The molecule has 74 valence electrons. The molecule has 4 nitrogen and oxygen atoms in total. The van der Waals surface area contributed by atoms with Gasteiger partial charge >= 0.3 is 0 Å². The molecule has 0 aromatic carbocycles. The SMILES string of the molecule is Cc1nn2c(C=O)c(C(C)C)nc2s1. The monoisotopic (exact) mass is 209 g/mol. The van der Waals surface area contributed by atoms with Crippen molar-refractivity contribution in [3.63, 3.8) is 0 Å². The Labute approximate surface area is 85.6 Å². The van der Waals surface area contributed by atoms with Crippen LogP contribution in [0.5, 0.6) is 0 Å². The maximum atomic E-state index is 10.9. The van der Waals surface area contributed by atoms with Crippen molar-refractivity contribution in [3.05, 3.63) is 16.4 Å². The molecule has 0 fully saturated rings. The standard InChI is InChI=1S/C9H11N3OS/c1-5(2)8-7(4-13)12-9(10-8)14-6(3)11-12/h4-5H,1-3H3.